The fraction of sp³-hybridized carbons (Fsp3) is 0.176. The fourth-order valence-corrected chi connectivity index (χ4v) is 2.42. The molecule has 96 valence electrons. The van der Waals surface area contributed by atoms with E-state index in [1.54, 1.807) is 0 Å². The molecule has 0 saturated carbocycles. The topological polar surface area (TPSA) is 27.8 Å². The largest absolute Gasteiger partial charge is 0.355 e. The van der Waals surface area contributed by atoms with Gasteiger partial charge in [0.15, 0.2) is 0 Å². The molecule has 0 bridgehead atoms. The van der Waals surface area contributed by atoms with E-state index in [2.05, 4.69) is 64.9 Å². The van der Waals surface area contributed by atoms with E-state index in [4.69, 9.17) is 0 Å². The number of aromatic amines is 1. The lowest BCUT2D eigenvalue weighted by atomic mass is 10.1. The van der Waals surface area contributed by atoms with E-state index in [9.17, 15) is 0 Å². The highest BCUT2D eigenvalue weighted by molar-refractivity contribution is 6.07. The molecule has 0 aliphatic heterocycles. The molecular weight excluding hydrogens is 232 g/mol. The van der Waals surface area contributed by atoms with Gasteiger partial charge in [-0.1, -0.05) is 36.4 Å². The van der Waals surface area contributed by atoms with E-state index < -0.39 is 0 Å². The number of H-pyrrole nitrogens is 1. The Balaban J connectivity index is 1.99. The van der Waals surface area contributed by atoms with Crippen LogP contribution in [0.5, 0.6) is 0 Å². The molecule has 2 N–H and O–H groups in total. The Kier molecular flexibility index (Phi) is 3.34. The number of fused-ring (bicyclic) bond motifs is 3. The zero-order valence-electron chi connectivity index (χ0n) is 11.1. The minimum atomic E-state index is 1.02. The van der Waals surface area contributed by atoms with Crippen LogP contribution in [0.3, 0.4) is 0 Å². The Morgan fingerprint density at radius 3 is 2.79 bits per heavy atom. The van der Waals surface area contributed by atoms with Crippen molar-refractivity contribution in [3.63, 3.8) is 0 Å². The summed E-state index contributed by atoms with van der Waals surface area (Å²) in [4.78, 5) is 3.45. The lowest BCUT2D eigenvalue weighted by molar-refractivity contribution is 0.809. The van der Waals surface area contributed by atoms with Crippen LogP contribution in [0.2, 0.25) is 0 Å². The Morgan fingerprint density at radius 2 is 1.89 bits per heavy atom. The number of para-hydroxylation sites is 1. The minimum Gasteiger partial charge on any atom is -0.355 e. The average molecular weight is 250 g/mol. The smallest absolute Gasteiger partial charge is 0.0465 e. The number of nitrogens with one attached hydrogen (secondary N) is 2. The Bertz CT molecular complexity index is 722. The molecule has 19 heavy (non-hydrogen) atoms. The SMILES string of the molecule is CNCCC=Cc1ccc2[nH]c3ccccc3c2c1. The first-order valence-corrected chi connectivity index (χ1v) is 6.70. The maximum atomic E-state index is 3.45. The summed E-state index contributed by atoms with van der Waals surface area (Å²) in [6.07, 6.45) is 5.47. The molecule has 2 heteroatoms. The van der Waals surface area contributed by atoms with Crippen LogP contribution in [0.1, 0.15) is 12.0 Å². The molecule has 0 aliphatic carbocycles. The van der Waals surface area contributed by atoms with Gasteiger partial charge in [0.25, 0.3) is 0 Å². The molecule has 0 fully saturated rings. The summed E-state index contributed by atoms with van der Waals surface area (Å²) in [6.45, 7) is 1.02. The van der Waals surface area contributed by atoms with E-state index in [1.807, 2.05) is 7.05 Å². The Labute approximate surface area is 113 Å². The molecule has 1 heterocycles. The summed E-state index contributed by atoms with van der Waals surface area (Å²) >= 11 is 0. The predicted molar refractivity (Wildman–Crippen MR) is 83.4 cm³/mol. The molecule has 0 saturated heterocycles. The third-order valence-electron chi connectivity index (χ3n) is 3.40. The van der Waals surface area contributed by atoms with Crippen molar-refractivity contribution in [3.05, 3.63) is 54.1 Å². The molecule has 3 aromatic rings. The van der Waals surface area contributed by atoms with Crippen molar-refractivity contribution in [2.45, 2.75) is 6.42 Å². The van der Waals surface area contributed by atoms with Gasteiger partial charge in [-0.05, 0) is 43.8 Å². The number of hydrogen-bond acceptors (Lipinski definition) is 1. The van der Waals surface area contributed by atoms with Gasteiger partial charge in [-0.15, -0.1) is 0 Å². The summed E-state index contributed by atoms with van der Waals surface area (Å²) < 4.78 is 0. The molecule has 0 amide bonds. The zero-order chi connectivity index (χ0) is 13.1. The Hall–Kier alpha value is -2.06. The van der Waals surface area contributed by atoms with E-state index >= 15 is 0 Å². The maximum Gasteiger partial charge on any atom is 0.0465 e. The highest BCUT2D eigenvalue weighted by Crippen LogP contribution is 2.26. The molecule has 1 aromatic heterocycles. The highest BCUT2D eigenvalue weighted by atomic mass is 14.8. The third-order valence-corrected chi connectivity index (χ3v) is 3.40. The van der Waals surface area contributed by atoms with Crippen molar-refractivity contribution in [2.75, 3.05) is 13.6 Å². The minimum absolute atomic E-state index is 1.02. The van der Waals surface area contributed by atoms with Crippen LogP contribution in [0.4, 0.5) is 0 Å². The van der Waals surface area contributed by atoms with Gasteiger partial charge >= 0.3 is 0 Å². The van der Waals surface area contributed by atoms with Crippen LogP contribution in [0, 0.1) is 0 Å². The maximum absolute atomic E-state index is 3.45. The van der Waals surface area contributed by atoms with Gasteiger partial charge in [-0.2, -0.15) is 0 Å². The van der Waals surface area contributed by atoms with Crippen LogP contribution in [0.15, 0.2) is 48.5 Å². The molecule has 0 aliphatic rings. The summed E-state index contributed by atoms with van der Waals surface area (Å²) in [5.41, 5.74) is 3.66. The molecule has 2 nitrogen and oxygen atoms in total. The van der Waals surface area contributed by atoms with E-state index in [-0.39, 0.29) is 0 Å². The Morgan fingerprint density at radius 1 is 1.05 bits per heavy atom. The first-order chi connectivity index (χ1) is 9.38. The van der Waals surface area contributed by atoms with Gasteiger partial charge in [-0.25, -0.2) is 0 Å². The lowest BCUT2D eigenvalue weighted by Crippen LogP contribution is -2.05. The highest BCUT2D eigenvalue weighted by Gasteiger charge is 2.02. The fourth-order valence-electron chi connectivity index (χ4n) is 2.42. The van der Waals surface area contributed by atoms with Crippen molar-refractivity contribution >= 4 is 27.9 Å². The molecule has 0 unspecified atom stereocenters. The molecule has 0 spiro atoms. The second-order valence-electron chi connectivity index (χ2n) is 4.77. The second kappa shape index (κ2) is 5.29. The van der Waals surface area contributed by atoms with Gasteiger partial charge in [0.1, 0.15) is 0 Å². The molecule has 2 aromatic carbocycles. The lowest BCUT2D eigenvalue weighted by Gasteiger charge is -1.96. The summed E-state index contributed by atoms with van der Waals surface area (Å²) in [7, 11) is 1.98. The number of aromatic nitrogens is 1. The van der Waals surface area contributed by atoms with E-state index in [1.165, 1.54) is 27.4 Å². The van der Waals surface area contributed by atoms with Crippen molar-refractivity contribution in [3.8, 4) is 0 Å². The van der Waals surface area contributed by atoms with Crippen molar-refractivity contribution in [1.82, 2.24) is 10.3 Å². The zero-order valence-corrected chi connectivity index (χ0v) is 11.1. The molecule has 3 rings (SSSR count). The summed E-state index contributed by atoms with van der Waals surface area (Å²) in [6, 6.07) is 15.0. The quantitative estimate of drug-likeness (QED) is 0.674. The number of benzene rings is 2. The normalized spacial score (nSPS) is 11.8. The van der Waals surface area contributed by atoms with Crippen LogP contribution in [0.25, 0.3) is 27.9 Å². The average Bonchev–Trinajstić information content (AvgIpc) is 2.82. The predicted octanol–water partition coefficient (Wildman–Crippen LogP) is 3.94. The first-order valence-electron chi connectivity index (χ1n) is 6.70. The third kappa shape index (κ3) is 2.40. The number of rotatable bonds is 4. The molecular formula is C17H18N2. The van der Waals surface area contributed by atoms with Crippen LogP contribution in [-0.4, -0.2) is 18.6 Å². The first kappa shape index (κ1) is 12.0. The van der Waals surface area contributed by atoms with Crippen molar-refractivity contribution in [2.24, 2.45) is 0 Å². The molecule has 0 atom stereocenters. The van der Waals surface area contributed by atoms with E-state index in [0.29, 0.717) is 0 Å². The van der Waals surface area contributed by atoms with Gasteiger partial charge in [-0.3, -0.25) is 0 Å². The van der Waals surface area contributed by atoms with E-state index in [0.717, 1.165) is 13.0 Å². The van der Waals surface area contributed by atoms with Crippen molar-refractivity contribution in [1.29, 1.82) is 0 Å². The standard InChI is InChI=1S/C17H18N2/c1-18-11-5-4-6-13-9-10-17-15(12-13)14-7-2-3-8-16(14)19-17/h2-4,6-10,12,18-19H,5,11H2,1H3. The van der Waals surface area contributed by atoms with Gasteiger partial charge in [0.05, 0.1) is 0 Å². The summed E-state index contributed by atoms with van der Waals surface area (Å²) in [5.74, 6) is 0. The van der Waals surface area contributed by atoms with Gasteiger partial charge in [0.2, 0.25) is 0 Å². The summed E-state index contributed by atoms with van der Waals surface area (Å²) in [5, 5.41) is 5.74. The van der Waals surface area contributed by atoms with Gasteiger partial charge in [0, 0.05) is 21.8 Å². The van der Waals surface area contributed by atoms with Crippen LogP contribution in [-0.2, 0) is 0 Å². The van der Waals surface area contributed by atoms with Crippen LogP contribution < -0.4 is 5.32 Å². The monoisotopic (exact) mass is 250 g/mol. The van der Waals surface area contributed by atoms with Crippen LogP contribution >= 0.6 is 0 Å². The van der Waals surface area contributed by atoms with Crippen molar-refractivity contribution < 1.29 is 0 Å². The van der Waals surface area contributed by atoms with Gasteiger partial charge < -0.3 is 10.3 Å². The number of hydrogen-bond donors (Lipinski definition) is 2. The second-order valence-corrected chi connectivity index (χ2v) is 4.77. The molecule has 0 radical (unpaired) electrons.